The zero-order valence-corrected chi connectivity index (χ0v) is 20.3. The summed E-state index contributed by atoms with van der Waals surface area (Å²) in [6.45, 7) is 8.99. The molecule has 0 aromatic heterocycles. The Morgan fingerprint density at radius 1 is 1.03 bits per heavy atom. The van der Waals surface area contributed by atoms with Crippen molar-refractivity contribution in [3.8, 4) is 0 Å². The van der Waals surface area contributed by atoms with Crippen molar-refractivity contribution in [1.29, 1.82) is 0 Å². The van der Waals surface area contributed by atoms with Gasteiger partial charge in [-0.3, -0.25) is 15.1 Å². The predicted octanol–water partition coefficient (Wildman–Crippen LogP) is 2.89. The number of carbonyl (C=O) groups is 2. The molecule has 0 aliphatic rings. The molecule has 1 rings (SSSR count). The number of carbonyl (C=O) groups excluding carboxylic acids is 2. The van der Waals surface area contributed by atoms with E-state index >= 15 is 0 Å². The average Bonchev–Trinajstić information content (AvgIpc) is 2.62. The average molecular weight is 519 g/mol. The molecular weight excluding hydrogens is 485 g/mol. The van der Waals surface area contributed by atoms with Gasteiger partial charge in [0.25, 0.3) is 0 Å². The summed E-state index contributed by atoms with van der Waals surface area (Å²) in [4.78, 5) is 27.5. The summed E-state index contributed by atoms with van der Waals surface area (Å²) in [6, 6.07) is 7.57. The highest BCUT2D eigenvalue weighted by Crippen LogP contribution is 2.13. The van der Waals surface area contributed by atoms with Gasteiger partial charge in [0.2, 0.25) is 5.91 Å². The first-order valence-corrected chi connectivity index (χ1v) is 9.53. The highest BCUT2D eigenvalue weighted by molar-refractivity contribution is 14.0. The lowest BCUT2D eigenvalue weighted by molar-refractivity contribution is -0.120. The Hall–Kier alpha value is -2.04. The van der Waals surface area contributed by atoms with E-state index in [-0.39, 0.29) is 36.4 Å². The molecule has 0 atom stereocenters. The van der Waals surface area contributed by atoms with Gasteiger partial charge in [-0.05, 0) is 51.3 Å². The molecule has 9 heteroatoms. The molecule has 0 spiro atoms. The maximum Gasteiger partial charge on any atom is 0.412 e. The molecule has 0 radical (unpaired) electrons. The van der Waals surface area contributed by atoms with Crippen LogP contribution in [-0.4, -0.2) is 50.2 Å². The smallest absolute Gasteiger partial charge is 0.412 e. The van der Waals surface area contributed by atoms with Gasteiger partial charge in [0, 0.05) is 25.8 Å². The van der Waals surface area contributed by atoms with E-state index in [0.29, 0.717) is 24.7 Å². The molecule has 0 aliphatic carbocycles. The lowest BCUT2D eigenvalue weighted by atomic mass is 10.1. The molecule has 1 aromatic rings. The molecule has 0 saturated carbocycles. The second-order valence-electron chi connectivity index (χ2n) is 7.28. The summed E-state index contributed by atoms with van der Waals surface area (Å²) in [7, 11) is 1.66. The van der Waals surface area contributed by atoms with Gasteiger partial charge >= 0.3 is 6.09 Å². The standard InChI is InChI=1S/C20H33N5O3.HI/c1-6-12-22-17(26)14-24-18(21-5)23-13-11-15-7-9-16(10-8-15)25-19(27)28-20(2,3)4;/h7-10H,6,11-14H2,1-5H3,(H,22,26)(H,25,27)(H2,21,23,24);1H. The Labute approximate surface area is 190 Å². The fourth-order valence-electron chi connectivity index (χ4n) is 2.21. The molecule has 4 N–H and O–H groups in total. The number of nitrogens with one attached hydrogen (secondary N) is 4. The number of aliphatic imine (C=N–C) groups is 1. The Balaban J connectivity index is 0.00000784. The molecule has 0 fully saturated rings. The van der Waals surface area contributed by atoms with Gasteiger partial charge < -0.3 is 20.7 Å². The van der Waals surface area contributed by atoms with Crippen molar-refractivity contribution < 1.29 is 14.3 Å². The minimum Gasteiger partial charge on any atom is -0.444 e. The van der Waals surface area contributed by atoms with Crippen molar-refractivity contribution in [2.75, 3.05) is 32.0 Å². The van der Waals surface area contributed by atoms with Crippen LogP contribution < -0.4 is 21.3 Å². The molecule has 0 heterocycles. The van der Waals surface area contributed by atoms with Gasteiger partial charge in [-0.2, -0.15) is 0 Å². The van der Waals surface area contributed by atoms with Gasteiger partial charge in [-0.15, -0.1) is 24.0 Å². The minimum absolute atomic E-state index is 0. The first-order chi connectivity index (χ1) is 13.2. The van der Waals surface area contributed by atoms with E-state index in [4.69, 9.17) is 4.74 Å². The molecule has 164 valence electrons. The molecule has 29 heavy (non-hydrogen) atoms. The van der Waals surface area contributed by atoms with Crippen molar-refractivity contribution >= 4 is 47.6 Å². The number of nitrogens with zero attached hydrogens (tertiary/aromatic N) is 1. The van der Waals surface area contributed by atoms with Gasteiger partial charge in [-0.1, -0.05) is 19.1 Å². The Bertz CT molecular complexity index is 657. The predicted molar refractivity (Wildman–Crippen MR) is 128 cm³/mol. The number of guanidine groups is 1. The van der Waals surface area contributed by atoms with E-state index < -0.39 is 11.7 Å². The number of ether oxygens (including phenoxy) is 1. The first kappa shape index (κ1) is 27.0. The third kappa shape index (κ3) is 12.9. The molecule has 8 nitrogen and oxygen atoms in total. The van der Waals surface area contributed by atoms with Crippen LogP contribution in [0.5, 0.6) is 0 Å². The van der Waals surface area contributed by atoms with Crippen molar-refractivity contribution in [3.63, 3.8) is 0 Å². The van der Waals surface area contributed by atoms with Gasteiger partial charge in [0.15, 0.2) is 5.96 Å². The maximum atomic E-state index is 11.8. The van der Waals surface area contributed by atoms with Crippen molar-refractivity contribution in [2.45, 2.75) is 46.1 Å². The van der Waals surface area contributed by atoms with E-state index in [9.17, 15) is 9.59 Å². The molecule has 0 bridgehead atoms. The number of benzene rings is 1. The summed E-state index contributed by atoms with van der Waals surface area (Å²) in [5.41, 5.74) is 1.26. The zero-order valence-electron chi connectivity index (χ0n) is 17.9. The number of rotatable bonds is 8. The molecule has 0 unspecified atom stereocenters. The van der Waals surface area contributed by atoms with Crippen LogP contribution in [0, 0.1) is 0 Å². The first-order valence-electron chi connectivity index (χ1n) is 9.53. The summed E-state index contributed by atoms with van der Waals surface area (Å²) >= 11 is 0. The fraction of sp³-hybridized carbons (Fsp3) is 0.550. The summed E-state index contributed by atoms with van der Waals surface area (Å²) in [5.74, 6) is 0.521. The second kappa shape index (κ2) is 14.0. The van der Waals surface area contributed by atoms with Crippen LogP contribution in [0.1, 0.15) is 39.7 Å². The van der Waals surface area contributed by atoms with E-state index in [0.717, 1.165) is 18.4 Å². The number of anilines is 1. The van der Waals surface area contributed by atoms with Crippen LogP contribution in [0.25, 0.3) is 0 Å². The Kier molecular flexibility index (Phi) is 13.0. The summed E-state index contributed by atoms with van der Waals surface area (Å²) in [5, 5.41) is 11.7. The van der Waals surface area contributed by atoms with Crippen LogP contribution in [0.2, 0.25) is 0 Å². The quantitative estimate of drug-likeness (QED) is 0.240. The maximum absolute atomic E-state index is 11.8. The third-order valence-electron chi connectivity index (χ3n) is 3.52. The fourth-order valence-corrected chi connectivity index (χ4v) is 2.21. The zero-order chi connectivity index (χ0) is 21.0. The topological polar surface area (TPSA) is 104 Å². The highest BCUT2D eigenvalue weighted by atomic mass is 127. The minimum atomic E-state index is -0.529. The van der Waals surface area contributed by atoms with Crippen molar-refractivity contribution in [1.82, 2.24) is 16.0 Å². The molecule has 0 aliphatic heterocycles. The van der Waals surface area contributed by atoms with Crippen LogP contribution in [0.15, 0.2) is 29.3 Å². The van der Waals surface area contributed by atoms with Gasteiger partial charge in [-0.25, -0.2) is 4.79 Å². The van der Waals surface area contributed by atoms with Crippen molar-refractivity contribution in [2.24, 2.45) is 4.99 Å². The SMILES string of the molecule is CCCNC(=O)CNC(=NC)NCCc1ccc(NC(=O)OC(C)(C)C)cc1.I. The number of halogens is 1. The third-order valence-corrected chi connectivity index (χ3v) is 3.52. The van der Waals surface area contributed by atoms with Gasteiger partial charge in [0.1, 0.15) is 5.60 Å². The Morgan fingerprint density at radius 3 is 2.24 bits per heavy atom. The van der Waals surface area contributed by atoms with E-state index in [1.165, 1.54) is 0 Å². The van der Waals surface area contributed by atoms with E-state index in [2.05, 4.69) is 26.3 Å². The largest absolute Gasteiger partial charge is 0.444 e. The highest BCUT2D eigenvalue weighted by Gasteiger charge is 2.16. The number of hydrogen-bond acceptors (Lipinski definition) is 4. The normalized spacial score (nSPS) is 11.1. The van der Waals surface area contributed by atoms with Crippen LogP contribution in [0.4, 0.5) is 10.5 Å². The van der Waals surface area contributed by atoms with Gasteiger partial charge in [0.05, 0.1) is 6.54 Å². The number of hydrogen-bond donors (Lipinski definition) is 4. The lowest BCUT2D eigenvalue weighted by Crippen LogP contribution is -2.43. The summed E-state index contributed by atoms with van der Waals surface area (Å²) in [6.07, 6.45) is 1.21. The lowest BCUT2D eigenvalue weighted by Gasteiger charge is -2.19. The second-order valence-corrected chi connectivity index (χ2v) is 7.28. The molecule has 0 saturated heterocycles. The van der Waals surface area contributed by atoms with E-state index in [1.807, 2.05) is 52.0 Å². The molecular formula is C20H34IN5O3. The van der Waals surface area contributed by atoms with Crippen LogP contribution in [0.3, 0.4) is 0 Å². The van der Waals surface area contributed by atoms with Crippen molar-refractivity contribution in [3.05, 3.63) is 29.8 Å². The van der Waals surface area contributed by atoms with E-state index in [1.54, 1.807) is 7.05 Å². The Morgan fingerprint density at radius 2 is 1.69 bits per heavy atom. The molecule has 2 amide bonds. The summed E-state index contributed by atoms with van der Waals surface area (Å²) < 4.78 is 5.23. The van der Waals surface area contributed by atoms with Crippen LogP contribution in [-0.2, 0) is 16.0 Å². The molecule has 1 aromatic carbocycles. The monoisotopic (exact) mass is 519 g/mol. The number of amides is 2. The van der Waals surface area contributed by atoms with Crippen LogP contribution >= 0.6 is 24.0 Å².